The third-order valence-corrected chi connectivity index (χ3v) is 4.17. The van der Waals surface area contributed by atoms with Crippen LogP contribution in [-0.2, 0) is 4.79 Å². The van der Waals surface area contributed by atoms with Crippen molar-refractivity contribution in [3.05, 3.63) is 30.3 Å². The topological polar surface area (TPSA) is 55.1 Å². The Hall–Kier alpha value is -0.710. The van der Waals surface area contributed by atoms with Gasteiger partial charge < -0.3 is 11.1 Å². The van der Waals surface area contributed by atoms with Crippen LogP contribution >= 0.6 is 24.2 Å². The molecule has 0 saturated heterocycles. The van der Waals surface area contributed by atoms with Crippen LogP contribution < -0.4 is 11.1 Å². The van der Waals surface area contributed by atoms with Gasteiger partial charge in [-0.1, -0.05) is 18.2 Å². The highest BCUT2D eigenvalue weighted by Crippen LogP contribution is 2.51. The summed E-state index contributed by atoms with van der Waals surface area (Å²) in [6, 6.07) is 10.3. The quantitative estimate of drug-likeness (QED) is 0.860. The maximum atomic E-state index is 11.1. The van der Waals surface area contributed by atoms with Crippen LogP contribution in [0.4, 0.5) is 0 Å². The Bertz CT molecular complexity index is 368. The summed E-state index contributed by atoms with van der Waals surface area (Å²) in [5.41, 5.74) is 5.26. The molecule has 0 spiro atoms. The van der Waals surface area contributed by atoms with Crippen LogP contribution in [0, 0.1) is 0 Å². The molecule has 0 heterocycles. The van der Waals surface area contributed by atoms with Gasteiger partial charge in [-0.3, -0.25) is 4.79 Å². The number of amides is 1. The van der Waals surface area contributed by atoms with E-state index in [1.165, 1.54) is 4.90 Å². The fourth-order valence-electron chi connectivity index (χ4n) is 1.52. The van der Waals surface area contributed by atoms with Crippen LogP contribution in [0.3, 0.4) is 0 Å². The van der Waals surface area contributed by atoms with Crippen molar-refractivity contribution >= 4 is 30.1 Å². The number of hydrogen-bond acceptors (Lipinski definition) is 3. The van der Waals surface area contributed by atoms with Crippen molar-refractivity contribution in [2.24, 2.45) is 5.73 Å². The molecule has 94 valence electrons. The summed E-state index contributed by atoms with van der Waals surface area (Å²) in [6.45, 7) is 0.800. The molecule has 0 bridgehead atoms. The summed E-state index contributed by atoms with van der Waals surface area (Å²) in [7, 11) is 0. The maximum absolute atomic E-state index is 11.1. The SMILES string of the molecule is Cl.NCC(=O)NCC1(Sc2ccccc2)CC1. The van der Waals surface area contributed by atoms with E-state index in [2.05, 4.69) is 17.4 Å². The minimum atomic E-state index is -0.0695. The molecule has 0 unspecified atom stereocenters. The zero-order valence-corrected chi connectivity index (χ0v) is 11.2. The van der Waals surface area contributed by atoms with Crippen LogP contribution in [0.1, 0.15) is 12.8 Å². The highest BCUT2D eigenvalue weighted by molar-refractivity contribution is 8.01. The van der Waals surface area contributed by atoms with Gasteiger partial charge in [0.1, 0.15) is 0 Å². The standard InChI is InChI=1S/C12H16N2OS.ClH/c13-8-11(15)14-9-12(6-7-12)16-10-4-2-1-3-5-10;/h1-5H,6-9,13H2,(H,14,15);1H. The summed E-state index contributed by atoms with van der Waals surface area (Å²) in [6.07, 6.45) is 2.33. The number of nitrogens with two attached hydrogens (primary N) is 1. The second kappa shape index (κ2) is 6.28. The number of hydrogen-bond donors (Lipinski definition) is 2. The molecule has 1 aliphatic rings. The third-order valence-electron chi connectivity index (χ3n) is 2.68. The fraction of sp³-hybridized carbons (Fsp3) is 0.417. The van der Waals surface area contributed by atoms with Crippen molar-refractivity contribution in [1.82, 2.24) is 5.32 Å². The van der Waals surface area contributed by atoms with Gasteiger partial charge in [0.05, 0.1) is 6.54 Å². The minimum absolute atomic E-state index is 0. The lowest BCUT2D eigenvalue weighted by molar-refractivity contribution is -0.119. The number of nitrogens with one attached hydrogen (secondary N) is 1. The summed E-state index contributed by atoms with van der Waals surface area (Å²) in [4.78, 5) is 12.4. The van der Waals surface area contributed by atoms with Crippen molar-refractivity contribution in [3.8, 4) is 0 Å². The Kier molecular flexibility index (Phi) is 5.31. The van der Waals surface area contributed by atoms with Gasteiger partial charge in [0.25, 0.3) is 0 Å². The second-order valence-electron chi connectivity index (χ2n) is 4.08. The largest absolute Gasteiger partial charge is 0.354 e. The molecule has 3 nitrogen and oxygen atoms in total. The number of benzene rings is 1. The molecule has 1 saturated carbocycles. The smallest absolute Gasteiger partial charge is 0.233 e. The molecular weight excluding hydrogens is 256 g/mol. The van der Waals surface area contributed by atoms with Gasteiger partial charge in [-0.2, -0.15) is 0 Å². The molecular formula is C12H17ClN2OS. The van der Waals surface area contributed by atoms with E-state index in [1.807, 2.05) is 30.0 Å². The van der Waals surface area contributed by atoms with Gasteiger partial charge in [-0.25, -0.2) is 0 Å². The van der Waals surface area contributed by atoms with Crippen molar-refractivity contribution in [3.63, 3.8) is 0 Å². The number of carbonyl (C=O) groups is 1. The van der Waals surface area contributed by atoms with E-state index >= 15 is 0 Å². The van der Waals surface area contributed by atoms with Crippen molar-refractivity contribution < 1.29 is 4.79 Å². The van der Waals surface area contributed by atoms with Crippen molar-refractivity contribution in [1.29, 1.82) is 0 Å². The normalized spacial score (nSPS) is 15.8. The monoisotopic (exact) mass is 272 g/mol. The highest BCUT2D eigenvalue weighted by Gasteiger charge is 2.43. The highest BCUT2D eigenvalue weighted by atomic mass is 35.5. The van der Waals surface area contributed by atoms with E-state index in [9.17, 15) is 4.79 Å². The predicted octanol–water partition coefficient (Wildman–Crippen LogP) is 1.81. The van der Waals surface area contributed by atoms with E-state index in [1.54, 1.807) is 0 Å². The number of halogens is 1. The average Bonchev–Trinajstić information content (AvgIpc) is 3.08. The van der Waals surface area contributed by atoms with Gasteiger partial charge >= 0.3 is 0 Å². The second-order valence-corrected chi connectivity index (χ2v) is 5.62. The Labute approximate surface area is 112 Å². The Morgan fingerprint density at radius 1 is 1.35 bits per heavy atom. The molecule has 0 aliphatic heterocycles. The predicted molar refractivity (Wildman–Crippen MR) is 73.6 cm³/mol. The molecule has 1 aliphatic carbocycles. The summed E-state index contributed by atoms with van der Waals surface area (Å²) >= 11 is 1.85. The molecule has 0 radical (unpaired) electrons. The molecule has 1 aromatic carbocycles. The van der Waals surface area contributed by atoms with Gasteiger partial charge in [0.15, 0.2) is 0 Å². The zero-order valence-electron chi connectivity index (χ0n) is 9.52. The molecule has 1 aromatic rings. The minimum Gasteiger partial charge on any atom is -0.354 e. The molecule has 3 N–H and O–H groups in total. The molecule has 5 heteroatoms. The Morgan fingerprint density at radius 2 is 2.00 bits per heavy atom. The summed E-state index contributed by atoms with van der Waals surface area (Å²) in [5, 5.41) is 2.87. The Morgan fingerprint density at radius 3 is 2.53 bits per heavy atom. The number of rotatable bonds is 5. The van der Waals surface area contributed by atoms with E-state index in [0.29, 0.717) is 0 Å². The first-order valence-electron chi connectivity index (χ1n) is 5.45. The van der Waals surface area contributed by atoms with E-state index in [0.717, 1.165) is 19.4 Å². The lowest BCUT2D eigenvalue weighted by Gasteiger charge is -2.15. The van der Waals surface area contributed by atoms with Gasteiger partial charge in [0, 0.05) is 16.2 Å². The Balaban J connectivity index is 0.00000144. The summed E-state index contributed by atoms with van der Waals surface area (Å²) in [5.74, 6) is -0.0695. The van der Waals surface area contributed by atoms with E-state index in [-0.39, 0.29) is 29.6 Å². The van der Waals surface area contributed by atoms with Crippen LogP contribution in [0.5, 0.6) is 0 Å². The molecule has 0 atom stereocenters. The van der Waals surface area contributed by atoms with Crippen molar-refractivity contribution in [2.45, 2.75) is 22.5 Å². The first-order chi connectivity index (χ1) is 7.74. The van der Waals surface area contributed by atoms with Crippen LogP contribution in [0.15, 0.2) is 35.2 Å². The molecule has 1 fully saturated rings. The summed E-state index contributed by atoms with van der Waals surface area (Å²) < 4.78 is 0.214. The van der Waals surface area contributed by atoms with E-state index in [4.69, 9.17) is 5.73 Å². The maximum Gasteiger partial charge on any atom is 0.233 e. The average molecular weight is 273 g/mol. The fourth-order valence-corrected chi connectivity index (χ4v) is 2.77. The number of thioether (sulfide) groups is 1. The van der Waals surface area contributed by atoms with E-state index < -0.39 is 0 Å². The van der Waals surface area contributed by atoms with Crippen molar-refractivity contribution in [2.75, 3.05) is 13.1 Å². The third kappa shape index (κ3) is 4.22. The first-order valence-corrected chi connectivity index (χ1v) is 6.27. The van der Waals surface area contributed by atoms with Crippen LogP contribution in [-0.4, -0.2) is 23.7 Å². The van der Waals surface area contributed by atoms with Gasteiger partial charge in [-0.15, -0.1) is 24.2 Å². The first kappa shape index (κ1) is 14.4. The zero-order chi connectivity index (χ0) is 11.4. The van der Waals surface area contributed by atoms with Gasteiger partial charge in [-0.05, 0) is 25.0 Å². The van der Waals surface area contributed by atoms with Crippen LogP contribution in [0.2, 0.25) is 0 Å². The van der Waals surface area contributed by atoms with Crippen LogP contribution in [0.25, 0.3) is 0 Å². The molecule has 17 heavy (non-hydrogen) atoms. The lowest BCUT2D eigenvalue weighted by atomic mass is 10.4. The molecule has 2 rings (SSSR count). The van der Waals surface area contributed by atoms with Gasteiger partial charge in [0.2, 0.25) is 5.91 Å². The number of carbonyl (C=O) groups excluding carboxylic acids is 1. The lowest BCUT2D eigenvalue weighted by Crippen LogP contribution is -2.35. The molecule has 1 amide bonds. The molecule has 0 aromatic heterocycles.